The Kier molecular flexibility index (Phi) is 4.36. The second-order valence-electron chi connectivity index (χ2n) is 3.90. The van der Waals surface area contributed by atoms with Gasteiger partial charge in [-0.1, -0.05) is 17.7 Å². The molecule has 1 N–H and O–H groups in total. The van der Waals surface area contributed by atoms with Gasteiger partial charge in [0.25, 0.3) is 5.91 Å². The smallest absolute Gasteiger partial charge is 0.251 e. The number of methoxy groups -OCH3 is 1. The molecule has 1 aromatic heterocycles. The molecule has 0 aliphatic carbocycles. The van der Waals surface area contributed by atoms with E-state index in [1.807, 2.05) is 6.07 Å². The van der Waals surface area contributed by atoms with E-state index < -0.39 is 0 Å². The van der Waals surface area contributed by atoms with Crippen molar-refractivity contribution in [3.63, 3.8) is 0 Å². The minimum Gasteiger partial charge on any atom is -0.481 e. The van der Waals surface area contributed by atoms with E-state index in [9.17, 15) is 4.79 Å². The molecule has 0 unspecified atom stereocenters. The molecule has 1 amide bonds. The van der Waals surface area contributed by atoms with Gasteiger partial charge in [0, 0.05) is 29.4 Å². The normalized spacial score (nSPS) is 10.0. The van der Waals surface area contributed by atoms with Gasteiger partial charge in [0.1, 0.15) is 0 Å². The van der Waals surface area contributed by atoms with Crippen molar-refractivity contribution in [2.45, 2.75) is 6.54 Å². The first-order valence-electron chi connectivity index (χ1n) is 5.72. The summed E-state index contributed by atoms with van der Waals surface area (Å²) in [6.45, 7) is 0.415. The van der Waals surface area contributed by atoms with E-state index >= 15 is 0 Å². The molecule has 2 rings (SSSR count). The largest absolute Gasteiger partial charge is 0.481 e. The summed E-state index contributed by atoms with van der Waals surface area (Å²) in [6.07, 6.45) is 1.67. The molecule has 0 atom stereocenters. The second-order valence-corrected chi connectivity index (χ2v) is 4.33. The van der Waals surface area contributed by atoms with Gasteiger partial charge in [0.15, 0.2) is 0 Å². The number of rotatable bonds is 4. The molecular weight excluding hydrogens is 264 g/mol. The van der Waals surface area contributed by atoms with Gasteiger partial charge in [-0.2, -0.15) is 0 Å². The average molecular weight is 277 g/mol. The number of pyridine rings is 1. The predicted octanol–water partition coefficient (Wildman–Crippen LogP) is 2.67. The molecule has 0 bridgehead atoms. The van der Waals surface area contributed by atoms with E-state index in [-0.39, 0.29) is 5.91 Å². The molecule has 1 heterocycles. The first-order valence-corrected chi connectivity index (χ1v) is 6.09. The summed E-state index contributed by atoms with van der Waals surface area (Å²) in [7, 11) is 1.56. The van der Waals surface area contributed by atoms with Gasteiger partial charge < -0.3 is 10.1 Å². The number of carbonyl (C=O) groups is 1. The van der Waals surface area contributed by atoms with Crippen LogP contribution < -0.4 is 10.1 Å². The Bertz CT molecular complexity index is 553. The Balaban J connectivity index is 1.94. The van der Waals surface area contributed by atoms with Crippen LogP contribution in [0.1, 0.15) is 15.9 Å². The maximum atomic E-state index is 11.9. The van der Waals surface area contributed by atoms with E-state index in [1.165, 1.54) is 0 Å². The van der Waals surface area contributed by atoms with E-state index in [0.717, 1.165) is 5.56 Å². The summed E-state index contributed by atoms with van der Waals surface area (Å²) in [4.78, 5) is 15.9. The van der Waals surface area contributed by atoms with Crippen LogP contribution in [-0.4, -0.2) is 18.0 Å². The van der Waals surface area contributed by atoms with Crippen molar-refractivity contribution in [2.24, 2.45) is 0 Å². The molecule has 2 aromatic rings. The Labute approximate surface area is 116 Å². The number of nitrogens with one attached hydrogen (secondary N) is 1. The summed E-state index contributed by atoms with van der Waals surface area (Å²) in [5.41, 5.74) is 1.48. The molecule has 0 radical (unpaired) electrons. The molecule has 0 saturated heterocycles. The van der Waals surface area contributed by atoms with Crippen molar-refractivity contribution >= 4 is 17.5 Å². The molecule has 0 aliphatic rings. The van der Waals surface area contributed by atoms with Crippen LogP contribution in [0, 0.1) is 0 Å². The molecule has 19 heavy (non-hydrogen) atoms. The lowest BCUT2D eigenvalue weighted by Gasteiger charge is -2.06. The van der Waals surface area contributed by atoms with Crippen LogP contribution in [0.4, 0.5) is 0 Å². The molecule has 0 aliphatic heterocycles. The Morgan fingerprint density at radius 1 is 1.26 bits per heavy atom. The molecule has 1 aromatic carbocycles. The summed E-state index contributed by atoms with van der Waals surface area (Å²) in [6, 6.07) is 10.3. The summed E-state index contributed by atoms with van der Waals surface area (Å²) >= 11 is 5.77. The van der Waals surface area contributed by atoms with Crippen molar-refractivity contribution < 1.29 is 9.53 Å². The fraction of sp³-hybridized carbons (Fsp3) is 0.143. The summed E-state index contributed by atoms with van der Waals surface area (Å²) in [5, 5.41) is 3.42. The van der Waals surface area contributed by atoms with Crippen molar-refractivity contribution in [3.8, 4) is 5.88 Å². The lowest BCUT2D eigenvalue weighted by Crippen LogP contribution is -2.22. The lowest BCUT2D eigenvalue weighted by molar-refractivity contribution is 0.0951. The second kappa shape index (κ2) is 6.20. The van der Waals surface area contributed by atoms with Crippen molar-refractivity contribution in [1.82, 2.24) is 10.3 Å². The molecule has 0 spiro atoms. The van der Waals surface area contributed by atoms with Crippen LogP contribution in [-0.2, 0) is 6.54 Å². The average Bonchev–Trinajstić information content (AvgIpc) is 2.46. The Morgan fingerprint density at radius 2 is 2.00 bits per heavy atom. The van der Waals surface area contributed by atoms with Crippen LogP contribution >= 0.6 is 11.6 Å². The Hall–Kier alpha value is -2.07. The SMILES string of the molecule is COc1ccc(CNC(=O)c2ccc(Cl)cc2)cn1. The van der Waals surface area contributed by atoms with E-state index in [4.69, 9.17) is 16.3 Å². The van der Waals surface area contributed by atoms with E-state index in [2.05, 4.69) is 10.3 Å². The number of ether oxygens (including phenoxy) is 1. The zero-order valence-electron chi connectivity index (χ0n) is 10.4. The highest BCUT2D eigenvalue weighted by molar-refractivity contribution is 6.30. The Morgan fingerprint density at radius 3 is 2.58 bits per heavy atom. The summed E-state index contributed by atoms with van der Waals surface area (Å²) in [5.74, 6) is 0.403. The first kappa shape index (κ1) is 13.4. The van der Waals surface area contributed by atoms with Crippen molar-refractivity contribution in [2.75, 3.05) is 7.11 Å². The maximum absolute atomic E-state index is 11.9. The third-order valence-corrected chi connectivity index (χ3v) is 2.82. The van der Waals surface area contributed by atoms with Crippen LogP contribution in [0.3, 0.4) is 0 Å². The lowest BCUT2D eigenvalue weighted by atomic mass is 10.2. The quantitative estimate of drug-likeness (QED) is 0.934. The fourth-order valence-corrected chi connectivity index (χ4v) is 1.65. The van der Waals surface area contributed by atoms with Crippen molar-refractivity contribution in [1.29, 1.82) is 0 Å². The standard InChI is InChI=1S/C14H13ClN2O2/c1-19-13-7-2-10(8-16-13)9-17-14(18)11-3-5-12(15)6-4-11/h2-8H,9H2,1H3,(H,17,18). The predicted molar refractivity (Wildman–Crippen MR) is 73.4 cm³/mol. The van der Waals surface area contributed by atoms with Gasteiger partial charge in [-0.05, 0) is 29.8 Å². The zero-order valence-corrected chi connectivity index (χ0v) is 11.1. The molecule has 4 nitrogen and oxygen atoms in total. The molecule has 5 heteroatoms. The minimum absolute atomic E-state index is 0.146. The third-order valence-electron chi connectivity index (χ3n) is 2.57. The number of hydrogen-bond acceptors (Lipinski definition) is 3. The molecular formula is C14H13ClN2O2. The number of carbonyl (C=O) groups excluding carboxylic acids is 1. The van der Waals surface area contributed by atoms with Gasteiger partial charge in [-0.3, -0.25) is 4.79 Å². The van der Waals surface area contributed by atoms with Crippen LogP contribution in [0.2, 0.25) is 5.02 Å². The highest BCUT2D eigenvalue weighted by Gasteiger charge is 2.05. The number of benzene rings is 1. The van der Waals surface area contributed by atoms with E-state index in [0.29, 0.717) is 23.0 Å². The number of aromatic nitrogens is 1. The van der Waals surface area contributed by atoms with Crippen LogP contribution in [0.25, 0.3) is 0 Å². The van der Waals surface area contributed by atoms with Gasteiger partial charge in [0.2, 0.25) is 5.88 Å². The van der Waals surface area contributed by atoms with Gasteiger partial charge >= 0.3 is 0 Å². The zero-order chi connectivity index (χ0) is 13.7. The summed E-state index contributed by atoms with van der Waals surface area (Å²) < 4.78 is 4.96. The monoisotopic (exact) mass is 276 g/mol. The molecule has 0 fully saturated rings. The minimum atomic E-state index is -0.146. The number of amides is 1. The number of halogens is 1. The van der Waals surface area contributed by atoms with E-state index in [1.54, 1.807) is 43.6 Å². The third kappa shape index (κ3) is 3.69. The molecule has 98 valence electrons. The fourth-order valence-electron chi connectivity index (χ4n) is 1.52. The van der Waals surface area contributed by atoms with Gasteiger partial charge in [-0.15, -0.1) is 0 Å². The van der Waals surface area contributed by atoms with Gasteiger partial charge in [0.05, 0.1) is 7.11 Å². The molecule has 0 saturated carbocycles. The van der Waals surface area contributed by atoms with Crippen molar-refractivity contribution in [3.05, 3.63) is 58.7 Å². The first-order chi connectivity index (χ1) is 9.19. The number of nitrogens with zero attached hydrogens (tertiary/aromatic N) is 1. The van der Waals surface area contributed by atoms with Gasteiger partial charge in [-0.25, -0.2) is 4.98 Å². The highest BCUT2D eigenvalue weighted by atomic mass is 35.5. The maximum Gasteiger partial charge on any atom is 0.251 e. The topological polar surface area (TPSA) is 51.2 Å². The highest BCUT2D eigenvalue weighted by Crippen LogP contribution is 2.10. The van der Waals surface area contributed by atoms with Crippen LogP contribution in [0.5, 0.6) is 5.88 Å². The number of hydrogen-bond donors (Lipinski definition) is 1. The van der Waals surface area contributed by atoms with Crippen LogP contribution in [0.15, 0.2) is 42.6 Å².